The van der Waals surface area contributed by atoms with E-state index in [-0.39, 0.29) is 5.91 Å². The van der Waals surface area contributed by atoms with Gasteiger partial charge in [-0.15, -0.1) is 0 Å². The molecular weight excluding hydrogens is 310 g/mol. The van der Waals surface area contributed by atoms with Gasteiger partial charge in [0.15, 0.2) is 0 Å². The van der Waals surface area contributed by atoms with Gasteiger partial charge in [-0.3, -0.25) is 4.79 Å². The molecule has 1 heterocycles. The molecule has 0 atom stereocenters. The molecule has 3 aromatic rings. The third-order valence-electron chi connectivity index (χ3n) is 3.88. The van der Waals surface area contributed by atoms with Crippen LogP contribution in [0.2, 0.25) is 0 Å². The predicted molar refractivity (Wildman–Crippen MR) is 100 cm³/mol. The quantitative estimate of drug-likeness (QED) is 0.694. The van der Waals surface area contributed by atoms with Gasteiger partial charge >= 0.3 is 0 Å². The van der Waals surface area contributed by atoms with Crippen LogP contribution >= 0.6 is 0 Å². The Hall–Kier alpha value is -3.14. The van der Waals surface area contributed by atoms with Crippen molar-refractivity contribution in [1.29, 1.82) is 0 Å². The molecule has 4 nitrogen and oxygen atoms in total. The van der Waals surface area contributed by atoms with Gasteiger partial charge in [-0.25, -0.2) is 4.98 Å². The summed E-state index contributed by atoms with van der Waals surface area (Å²) in [6.45, 7) is 1.28. The number of nitrogens with zero attached hydrogens (tertiary/aromatic N) is 1. The summed E-state index contributed by atoms with van der Waals surface area (Å²) in [4.78, 5) is 16.6. The number of pyridine rings is 1. The minimum atomic E-state index is -0.0823. The first-order valence-electron chi connectivity index (χ1n) is 8.37. The lowest BCUT2D eigenvalue weighted by molar-refractivity contribution is 0.0954. The zero-order chi connectivity index (χ0) is 17.3. The summed E-state index contributed by atoms with van der Waals surface area (Å²) in [6.07, 6.45) is 2.47. The topological polar surface area (TPSA) is 54.0 Å². The molecule has 0 bridgehead atoms. The van der Waals surface area contributed by atoms with Crippen LogP contribution in [-0.4, -0.2) is 17.4 Å². The Labute approximate surface area is 147 Å². The lowest BCUT2D eigenvalue weighted by Gasteiger charge is -2.08. The van der Waals surface area contributed by atoms with Crippen LogP contribution in [0.1, 0.15) is 21.5 Å². The van der Waals surface area contributed by atoms with E-state index in [9.17, 15) is 4.79 Å². The van der Waals surface area contributed by atoms with Crippen molar-refractivity contribution < 1.29 is 4.79 Å². The van der Waals surface area contributed by atoms with Crippen molar-refractivity contribution in [2.45, 2.75) is 13.0 Å². The summed E-state index contributed by atoms with van der Waals surface area (Å²) in [5, 5.41) is 6.20. The summed E-state index contributed by atoms with van der Waals surface area (Å²) in [6, 6.07) is 23.7. The van der Waals surface area contributed by atoms with Gasteiger partial charge in [-0.2, -0.15) is 0 Å². The number of anilines is 1. The molecule has 3 rings (SSSR count). The molecule has 0 radical (unpaired) electrons. The van der Waals surface area contributed by atoms with Crippen LogP contribution in [0.4, 0.5) is 5.82 Å². The van der Waals surface area contributed by atoms with Gasteiger partial charge in [-0.1, -0.05) is 60.7 Å². The molecule has 0 aliphatic rings. The number of aromatic nitrogens is 1. The van der Waals surface area contributed by atoms with Crippen molar-refractivity contribution in [2.75, 3.05) is 11.9 Å². The molecule has 1 amide bonds. The maximum Gasteiger partial charge on any atom is 0.251 e. The molecule has 0 fully saturated rings. The number of carbonyl (C=O) groups is 1. The molecule has 2 N–H and O–H groups in total. The van der Waals surface area contributed by atoms with Crippen LogP contribution in [0.5, 0.6) is 0 Å². The van der Waals surface area contributed by atoms with Crippen molar-refractivity contribution in [2.24, 2.45) is 0 Å². The molecule has 126 valence electrons. The Morgan fingerprint density at radius 2 is 1.56 bits per heavy atom. The first kappa shape index (κ1) is 16.7. The van der Waals surface area contributed by atoms with E-state index in [1.165, 1.54) is 11.1 Å². The highest BCUT2D eigenvalue weighted by molar-refractivity contribution is 5.94. The van der Waals surface area contributed by atoms with E-state index in [1.54, 1.807) is 18.3 Å². The summed E-state index contributed by atoms with van der Waals surface area (Å²) in [7, 11) is 0. The average Bonchev–Trinajstić information content (AvgIpc) is 2.68. The van der Waals surface area contributed by atoms with E-state index < -0.39 is 0 Å². The predicted octanol–water partition coefficient (Wildman–Crippen LogP) is 3.67. The van der Waals surface area contributed by atoms with Crippen molar-refractivity contribution in [3.63, 3.8) is 0 Å². The summed E-state index contributed by atoms with van der Waals surface area (Å²) in [5.41, 5.74) is 2.99. The van der Waals surface area contributed by atoms with Gasteiger partial charge in [0.05, 0.1) is 0 Å². The third-order valence-corrected chi connectivity index (χ3v) is 3.88. The number of rotatable bonds is 7. The number of amides is 1. The molecule has 0 saturated carbocycles. The van der Waals surface area contributed by atoms with Crippen LogP contribution in [-0.2, 0) is 13.0 Å². The number of carbonyl (C=O) groups excluding carboxylic acids is 1. The summed E-state index contributed by atoms with van der Waals surface area (Å²) < 4.78 is 0. The molecule has 25 heavy (non-hydrogen) atoms. The zero-order valence-electron chi connectivity index (χ0n) is 14.0. The van der Waals surface area contributed by atoms with Gasteiger partial charge < -0.3 is 10.6 Å². The second-order valence-electron chi connectivity index (χ2n) is 5.76. The second kappa shape index (κ2) is 8.64. The third kappa shape index (κ3) is 5.18. The standard InChI is InChI=1S/C21H21N3O/c25-21(23-13-11-17-7-3-1-4-8-17)19-12-14-22-20(15-19)24-16-18-9-5-2-6-10-18/h1-10,12,14-15H,11,13,16H2,(H,22,24)(H,23,25). The first-order valence-corrected chi connectivity index (χ1v) is 8.37. The highest BCUT2D eigenvalue weighted by Crippen LogP contribution is 2.09. The zero-order valence-corrected chi connectivity index (χ0v) is 14.0. The molecule has 2 aromatic carbocycles. The van der Waals surface area contributed by atoms with Crippen molar-refractivity contribution in [3.8, 4) is 0 Å². The van der Waals surface area contributed by atoms with E-state index in [1.807, 2.05) is 48.5 Å². The van der Waals surface area contributed by atoms with E-state index in [0.717, 1.165) is 6.42 Å². The van der Waals surface area contributed by atoms with Gasteiger partial charge in [0.1, 0.15) is 5.82 Å². The number of hydrogen-bond acceptors (Lipinski definition) is 3. The highest BCUT2D eigenvalue weighted by atomic mass is 16.1. The Balaban J connectivity index is 1.52. The summed E-state index contributed by atoms with van der Waals surface area (Å²) in [5.74, 6) is 0.612. The summed E-state index contributed by atoms with van der Waals surface area (Å²) >= 11 is 0. The van der Waals surface area contributed by atoms with E-state index in [2.05, 4.69) is 27.8 Å². The largest absolute Gasteiger partial charge is 0.366 e. The molecule has 1 aromatic heterocycles. The number of hydrogen-bond donors (Lipinski definition) is 2. The number of nitrogens with one attached hydrogen (secondary N) is 2. The van der Waals surface area contributed by atoms with Crippen LogP contribution in [0.3, 0.4) is 0 Å². The molecule has 0 spiro atoms. The molecule has 4 heteroatoms. The van der Waals surface area contributed by atoms with Crippen molar-refractivity contribution in [3.05, 3.63) is 95.7 Å². The molecular formula is C21H21N3O. The Bertz CT molecular complexity index is 804. The van der Waals surface area contributed by atoms with Crippen LogP contribution < -0.4 is 10.6 Å². The van der Waals surface area contributed by atoms with Crippen molar-refractivity contribution in [1.82, 2.24) is 10.3 Å². The van der Waals surface area contributed by atoms with Crippen LogP contribution in [0.25, 0.3) is 0 Å². The Morgan fingerprint density at radius 1 is 0.880 bits per heavy atom. The fraction of sp³-hybridized carbons (Fsp3) is 0.143. The molecule has 0 unspecified atom stereocenters. The fourth-order valence-electron chi connectivity index (χ4n) is 2.52. The molecule has 0 saturated heterocycles. The lowest BCUT2D eigenvalue weighted by Crippen LogP contribution is -2.25. The van der Waals surface area contributed by atoms with Gasteiger partial charge in [-0.05, 0) is 29.7 Å². The van der Waals surface area contributed by atoms with E-state index in [4.69, 9.17) is 0 Å². The van der Waals surface area contributed by atoms with E-state index >= 15 is 0 Å². The number of benzene rings is 2. The minimum absolute atomic E-state index is 0.0823. The van der Waals surface area contributed by atoms with E-state index in [0.29, 0.717) is 24.5 Å². The second-order valence-corrected chi connectivity index (χ2v) is 5.76. The van der Waals surface area contributed by atoms with Gasteiger partial charge in [0.2, 0.25) is 0 Å². The SMILES string of the molecule is O=C(NCCc1ccccc1)c1ccnc(NCc2ccccc2)c1. The monoisotopic (exact) mass is 331 g/mol. The smallest absolute Gasteiger partial charge is 0.251 e. The van der Waals surface area contributed by atoms with Crippen LogP contribution in [0, 0.1) is 0 Å². The van der Waals surface area contributed by atoms with Crippen molar-refractivity contribution >= 4 is 11.7 Å². The maximum atomic E-state index is 12.3. The Kier molecular flexibility index (Phi) is 5.77. The minimum Gasteiger partial charge on any atom is -0.366 e. The van der Waals surface area contributed by atoms with Gasteiger partial charge in [0.25, 0.3) is 5.91 Å². The molecule has 0 aliphatic heterocycles. The molecule has 0 aliphatic carbocycles. The first-order chi connectivity index (χ1) is 12.3. The average molecular weight is 331 g/mol. The normalized spacial score (nSPS) is 10.2. The maximum absolute atomic E-state index is 12.3. The Morgan fingerprint density at radius 3 is 2.28 bits per heavy atom. The lowest BCUT2D eigenvalue weighted by atomic mass is 10.1. The van der Waals surface area contributed by atoms with Crippen LogP contribution in [0.15, 0.2) is 79.0 Å². The fourth-order valence-corrected chi connectivity index (χ4v) is 2.52. The van der Waals surface area contributed by atoms with Gasteiger partial charge in [0, 0.05) is 24.8 Å². The highest BCUT2D eigenvalue weighted by Gasteiger charge is 2.06.